The maximum absolute atomic E-state index is 13.0. The molecule has 1 amide bonds. The van der Waals surface area contributed by atoms with E-state index in [-0.39, 0.29) is 22.5 Å². The first-order valence-corrected chi connectivity index (χ1v) is 7.13. The van der Waals surface area contributed by atoms with Crippen molar-refractivity contribution in [2.24, 2.45) is 0 Å². The van der Waals surface area contributed by atoms with Gasteiger partial charge in [0.05, 0.1) is 27.7 Å². The molecule has 0 aliphatic carbocycles. The number of hydrogen-bond donors (Lipinski definition) is 2. The lowest BCUT2D eigenvalue weighted by Gasteiger charge is -2.12. The number of aromatic nitrogens is 2. The molecule has 3 aromatic rings. The molecule has 0 aliphatic rings. The van der Waals surface area contributed by atoms with Gasteiger partial charge in [-0.3, -0.25) is 4.79 Å². The SMILES string of the molecule is CC(NC(=O)c1ccc(F)cc1Cl)c1nc2ccccc2[nH]1. The molecule has 1 atom stereocenters. The van der Waals surface area contributed by atoms with Gasteiger partial charge in [-0.15, -0.1) is 0 Å². The number of halogens is 2. The fourth-order valence-electron chi connectivity index (χ4n) is 2.19. The Bertz CT molecular complexity index is 813. The summed E-state index contributed by atoms with van der Waals surface area (Å²) in [5.41, 5.74) is 1.96. The van der Waals surface area contributed by atoms with Gasteiger partial charge < -0.3 is 10.3 Å². The fraction of sp³-hybridized carbons (Fsp3) is 0.125. The van der Waals surface area contributed by atoms with Crippen LogP contribution in [0.25, 0.3) is 11.0 Å². The quantitative estimate of drug-likeness (QED) is 0.771. The van der Waals surface area contributed by atoms with Crippen LogP contribution in [0.3, 0.4) is 0 Å². The third kappa shape index (κ3) is 2.80. The molecule has 22 heavy (non-hydrogen) atoms. The topological polar surface area (TPSA) is 57.8 Å². The van der Waals surface area contributed by atoms with E-state index in [2.05, 4.69) is 15.3 Å². The maximum Gasteiger partial charge on any atom is 0.253 e. The Morgan fingerprint density at radius 3 is 2.82 bits per heavy atom. The van der Waals surface area contributed by atoms with Gasteiger partial charge >= 0.3 is 0 Å². The van der Waals surface area contributed by atoms with E-state index in [0.717, 1.165) is 17.1 Å². The molecule has 1 unspecified atom stereocenters. The molecule has 0 radical (unpaired) electrons. The average molecular weight is 318 g/mol. The van der Waals surface area contributed by atoms with Gasteiger partial charge in [-0.1, -0.05) is 23.7 Å². The van der Waals surface area contributed by atoms with Gasteiger partial charge in [-0.25, -0.2) is 9.37 Å². The summed E-state index contributed by atoms with van der Waals surface area (Å²) in [5.74, 6) is -0.211. The Hall–Kier alpha value is -2.40. The highest BCUT2D eigenvalue weighted by molar-refractivity contribution is 6.33. The van der Waals surface area contributed by atoms with Crippen molar-refractivity contribution in [3.63, 3.8) is 0 Å². The molecule has 4 nitrogen and oxygen atoms in total. The zero-order valence-electron chi connectivity index (χ0n) is 11.7. The van der Waals surface area contributed by atoms with Crippen molar-refractivity contribution >= 4 is 28.5 Å². The van der Waals surface area contributed by atoms with E-state index in [0.29, 0.717) is 5.82 Å². The predicted octanol–water partition coefficient (Wildman–Crippen LogP) is 3.85. The number of amides is 1. The van der Waals surface area contributed by atoms with Crippen LogP contribution < -0.4 is 5.32 Å². The first-order valence-electron chi connectivity index (χ1n) is 6.75. The predicted molar refractivity (Wildman–Crippen MR) is 83.4 cm³/mol. The van der Waals surface area contributed by atoms with Crippen molar-refractivity contribution < 1.29 is 9.18 Å². The number of benzene rings is 2. The molecule has 112 valence electrons. The summed E-state index contributed by atoms with van der Waals surface area (Å²) >= 11 is 5.89. The Kier molecular flexibility index (Phi) is 3.81. The van der Waals surface area contributed by atoms with Crippen molar-refractivity contribution in [1.29, 1.82) is 0 Å². The van der Waals surface area contributed by atoms with E-state index < -0.39 is 5.82 Å². The molecule has 1 aromatic heterocycles. The van der Waals surface area contributed by atoms with Crippen LogP contribution in [0.1, 0.15) is 29.1 Å². The number of rotatable bonds is 3. The van der Waals surface area contributed by atoms with E-state index in [4.69, 9.17) is 11.6 Å². The normalized spacial score (nSPS) is 12.3. The molecule has 1 heterocycles. The highest BCUT2D eigenvalue weighted by Crippen LogP contribution is 2.19. The van der Waals surface area contributed by atoms with E-state index in [1.807, 2.05) is 31.2 Å². The van der Waals surface area contributed by atoms with E-state index in [9.17, 15) is 9.18 Å². The number of aromatic amines is 1. The first kappa shape index (κ1) is 14.5. The van der Waals surface area contributed by atoms with E-state index >= 15 is 0 Å². The minimum absolute atomic E-state index is 0.0781. The van der Waals surface area contributed by atoms with Crippen molar-refractivity contribution in [3.05, 3.63) is 64.7 Å². The molecular weight excluding hydrogens is 305 g/mol. The molecule has 0 fully saturated rings. The summed E-state index contributed by atoms with van der Waals surface area (Å²) in [4.78, 5) is 19.8. The molecule has 2 aromatic carbocycles. The Labute approximate surface area is 131 Å². The lowest BCUT2D eigenvalue weighted by molar-refractivity contribution is 0.0938. The van der Waals surface area contributed by atoms with Gasteiger partial charge in [0.25, 0.3) is 5.91 Å². The number of carbonyl (C=O) groups excluding carboxylic acids is 1. The van der Waals surface area contributed by atoms with E-state index in [1.165, 1.54) is 12.1 Å². The molecule has 0 saturated carbocycles. The van der Waals surface area contributed by atoms with Crippen LogP contribution in [-0.2, 0) is 0 Å². The minimum Gasteiger partial charge on any atom is -0.342 e. The van der Waals surface area contributed by atoms with Crippen molar-refractivity contribution in [1.82, 2.24) is 15.3 Å². The Morgan fingerprint density at radius 1 is 1.32 bits per heavy atom. The molecule has 0 bridgehead atoms. The standard InChI is InChI=1S/C16H13ClFN3O/c1-9(15-20-13-4-2-3-5-14(13)21-15)19-16(22)11-7-6-10(18)8-12(11)17/h2-9H,1H3,(H,19,22)(H,20,21). The van der Waals surface area contributed by atoms with Gasteiger partial charge in [0.1, 0.15) is 11.6 Å². The second kappa shape index (κ2) is 5.77. The Balaban J connectivity index is 1.81. The number of imidazole rings is 1. The van der Waals surface area contributed by atoms with Crippen LogP contribution in [0, 0.1) is 5.82 Å². The number of fused-ring (bicyclic) bond motifs is 1. The maximum atomic E-state index is 13.0. The van der Waals surface area contributed by atoms with Crippen molar-refractivity contribution in [3.8, 4) is 0 Å². The van der Waals surface area contributed by atoms with Gasteiger partial charge in [-0.2, -0.15) is 0 Å². The minimum atomic E-state index is -0.480. The molecule has 2 N–H and O–H groups in total. The number of carbonyl (C=O) groups is 1. The second-order valence-electron chi connectivity index (χ2n) is 4.96. The fourth-order valence-corrected chi connectivity index (χ4v) is 2.45. The van der Waals surface area contributed by atoms with Crippen LogP contribution in [-0.4, -0.2) is 15.9 Å². The van der Waals surface area contributed by atoms with Gasteiger partial charge in [-0.05, 0) is 37.3 Å². The summed E-state index contributed by atoms with van der Waals surface area (Å²) < 4.78 is 13.0. The van der Waals surface area contributed by atoms with Crippen LogP contribution in [0.4, 0.5) is 4.39 Å². The molecule has 3 rings (SSSR count). The van der Waals surface area contributed by atoms with Gasteiger partial charge in [0, 0.05) is 0 Å². The highest BCUT2D eigenvalue weighted by atomic mass is 35.5. The van der Waals surface area contributed by atoms with Crippen LogP contribution in [0.15, 0.2) is 42.5 Å². The smallest absolute Gasteiger partial charge is 0.253 e. The summed E-state index contributed by atoms with van der Waals surface area (Å²) in [6, 6.07) is 11.0. The zero-order chi connectivity index (χ0) is 15.7. The largest absolute Gasteiger partial charge is 0.342 e. The van der Waals surface area contributed by atoms with Gasteiger partial charge in [0.15, 0.2) is 0 Å². The van der Waals surface area contributed by atoms with Crippen molar-refractivity contribution in [2.75, 3.05) is 0 Å². The molecule has 0 saturated heterocycles. The summed E-state index contributed by atoms with van der Waals surface area (Å²) in [6.07, 6.45) is 0. The van der Waals surface area contributed by atoms with E-state index in [1.54, 1.807) is 0 Å². The van der Waals surface area contributed by atoms with Crippen LogP contribution >= 0.6 is 11.6 Å². The average Bonchev–Trinajstić information content (AvgIpc) is 2.91. The van der Waals surface area contributed by atoms with Crippen LogP contribution in [0.2, 0.25) is 5.02 Å². The van der Waals surface area contributed by atoms with Crippen molar-refractivity contribution in [2.45, 2.75) is 13.0 Å². The number of H-pyrrole nitrogens is 1. The molecule has 0 spiro atoms. The van der Waals surface area contributed by atoms with Gasteiger partial charge in [0.2, 0.25) is 0 Å². The lowest BCUT2D eigenvalue weighted by atomic mass is 10.2. The highest BCUT2D eigenvalue weighted by Gasteiger charge is 2.17. The zero-order valence-corrected chi connectivity index (χ0v) is 12.5. The summed E-state index contributed by atoms with van der Waals surface area (Å²) in [5, 5.41) is 2.87. The number of hydrogen-bond acceptors (Lipinski definition) is 2. The summed E-state index contributed by atoms with van der Waals surface area (Å²) in [7, 11) is 0. The first-order chi connectivity index (χ1) is 10.5. The molecule has 0 aliphatic heterocycles. The second-order valence-corrected chi connectivity index (χ2v) is 5.37. The molecular formula is C16H13ClFN3O. The number of nitrogens with zero attached hydrogens (tertiary/aromatic N) is 1. The third-order valence-corrected chi connectivity index (χ3v) is 3.65. The third-order valence-electron chi connectivity index (χ3n) is 3.34. The number of nitrogens with one attached hydrogen (secondary N) is 2. The lowest BCUT2D eigenvalue weighted by Crippen LogP contribution is -2.27. The molecule has 6 heteroatoms. The van der Waals surface area contributed by atoms with Crippen LogP contribution in [0.5, 0.6) is 0 Å². The Morgan fingerprint density at radius 2 is 2.09 bits per heavy atom. The monoisotopic (exact) mass is 317 g/mol. The number of para-hydroxylation sites is 2. The summed E-state index contributed by atoms with van der Waals surface area (Å²) in [6.45, 7) is 1.81.